The van der Waals surface area contributed by atoms with E-state index in [1.54, 1.807) is 18.0 Å². The minimum atomic E-state index is -0.281. The van der Waals surface area contributed by atoms with Crippen LogP contribution in [0.4, 0.5) is 4.79 Å². The fraction of sp³-hybridized carbons (Fsp3) is 0.462. The zero-order valence-electron chi connectivity index (χ0n) is 10.9. The standard InChI is InChI=1S/C13H20N2O2/c1-6-11(8-7-10(2)14(3)4)12-9-17-13(16)15(12)5/h6-8,12H,1,9H2,2-5H3/b10-7+,11-8+. The molecule has 0 aliphatic carbocycles. The number of hydrogen-bond donors (Lipinski definition) is 0. The van der Waals surface area contributed by atoms with Gasteiger partial charge >= 0.3 is 6.09 Å². The van der Waals surface area contributed by atoms with Crippen LogP contribution in [0.1, 0.15) is 6.92 Å². The van der Waals surface area contributed by atoms with Crippen molar-refractivity contribution in [2.24, 2.45) is 0 Å². The molecule has 0 spiro atoms. The number of amides is 1. The van der Waals surface area contributed by atoms with E-state index < -0.39 is 0 Å². The summed E-state index contributed by atoms with van der Waals surface area (Å²) in [6.45, 7) is 6.20. The van der Waals surface area contributed by atoms with Gasteiger partial charge in [0.1, 0.15) is 6.61 Å². The van der Waals surface area contributed by atoms with Crippen molar-refractivity contribution in [3.8, 4) is 0 Å². The Balaban J connectivity index is 2.85. The smallest absolute Gasteiger partial charge is 0.410 e. The van der Waals surface area contributed by atoms with Crippen molar-refractivity contribution in [2.75, 3.05) is 27.7 Å². The largest absolute Gasteiger partial charge is 0.447 e. The molecule has 0 bridgehead atoms. The van der Waals surface area contributed by atoms with Crippen molar-refractivity contribution >= 4 is 6.09 Å². The van der Waals surface area contributed by atoms with Gasteiger partial charge in [-0.1, -0.05) is 18.7 Å². The first-order chi connectivity index (χ1) is 7.97. The Bertz CT molecular complexity index is 370. The van der Waals surface area contributed by atoms with E-state index in [1.165, 1.54) is 0 Å². The van der Waals surface area contributed by atoms with Crippen LogP contribution in [0.5, 0.6) is 0 Å². The lowest BCUT2D eigenvalue weighted by Gasteiger charge is -2.17. The molecule has 0 radical (unpaired) electrons. The van der Waals surface area contributed by atoms with Gasteiger partial charge in [0.25, 0.3) is 0 Å². The molecule has 0 aromatic heterocycles. The van der Waals surface area contributed by atoms with Gasteiger partial charge in [0.05, 0.1) is 6.04 Å². The second-order valence-electron chi connectivity index (χ2n) is 4.28. The highest BCUT2D eigenvalue weighted by molar-refractivity contribution is 5.70. The van der Waals surface area contributed by atoms with E-state index in [1.807, 2.05) is 38.1 Å². The molecule has 1 saturated heterocycles. The summed E-state index contributed by atoms with van der Waals surface area (Å²) in [4.78, 5) is 14.9. The molecule has 17 heavy (non-hydrogen) atoms. The van der Waals surface area contributed by atoms with Crippen LogP contribution in [0.25, 0.3) is 0 Å². The second kappa shape index (κ2) is 5.57. The van der Waals surface area contributed by atoms with Crippen molar-refractivity contribution in [1.29, 1.82) is 0 Å². The van der Waals surface area contributed by atoms with Gasteiger partial charge in [-0.2, -0.15) is 0 Å². The van der Waals surface area contributed by atoms with Gasteiger partial charge in [0, 0.05) is 26.8 Å². The topological polar surface area (TPSA) is 32.8 Å². The highest BCUT2D eigenvalue weighted by Crippen LogP contribution is 2.18. The van der Waals surface area contributed by atoms with Crippen LogP contribution in [-0.2, 0) is 4.74 Å². The van der Waals surface area contributed by atoms with E-state index in [4.69, 9.17) is 4.74 Å². The molecule has 1 heterocycles. The number of carbonyl (C=O) groups is 1. The SMILES string of the molecule is C=C/C(=C\C=C(/C)N(C)C)C1COC(=O)N1C. The van der Waals surface area contributed by atoms with Crippen molar-refractivity contribution < 1.29 is 9.53 Å². The van der Waals surface area contributed by atoms with Crippen LogP contribution in [0.3, 0.4) is 0 Å². The zero-order chi connectivity index (χ0) is 13.0. The number of rotatable bonds is 4. The lowest BCUT2D eigenvalue weighted by atomic mass is 10.1. The van der Waals surface area contributed by atoms with Crippen molar-refractivity contribution in [1.82, 2.24) is 9.80 Å². The maximum absolute atomic E-state index is 11.3. The number of ether oxygens (including phenoxy) is 1. The molecule has 1 aliphatic rings. The van der Waals surface area contributed by atoms with Gasteiger partial charge < -0.3 is 14.5 Å². The van der Waals surface area contributed by atoms with Gasteiger partial charge in [0.15, 0.2) is 0 Å². The van der Waals surface area contributed by atoms with E-state index in [-0.39, 0.29) is 12.1 Å². The number of allylic oxidation sites excluding steroid dienone is 3. The number of likely N-dealkylation sites (N-methyl/N-ethyl adjacent to an activating group) is 1. The van der Waals surface area contributed by atoms with Crippen LogP contribution < -0.4 is 0 Å². The molecule has 1 amide bonds. The van der Waals surface area contributed by atoms with E-state index >= 15 is 0 Å². The molecule has 1 unspecified atom stereocenters. The minimum absolute atomic E-state index is 0.0359. The fourth-order valence-corrected chi connectivity index (χ4v) is 1.49. The van der Waals surface area contributed by atoms with Gasteiger partial charge in [-0.05, 0) is 18.6 Å². The Morgan fingerprint density at radius 2 is 2.18 bits per heavy atom. The summed E-state index contributed by atoms with van der Waals surface area (Å²) in [5.74, 6) is 0. The average Bonchev–Trinajstić information content (AvgIpc) is 2.61. The molecule has 1 atom stereocenters. The fourth-order valence-electron chi connectivity index (χ4n) is 1.49. The van der Waals surface area contributed by atoms with Crippen LogP contribution in [-0.4, -0.2) is 49.7 Å². The van der Waals surface area contributed by atoms with E-state index in [2.05, 4.69) is 6.58 Å². The predicted octanol–water partition coefficient (Wildman–Crippen LogP) is 2.01. The molecule has 1 aliphatic heterocycles. The second-order valence-corrected chi connectivity index (χ2v) is 4.28. The van der Waals surface area contributed by atoms with Gasteiger partial charge in [0.2, 0.25) is 0 Å². The van der Waals surface area contributed by atoms with Crippen molar-refractivity contribution in [3.63, 3.8) is 0 Å². The molecular formula is C13H20N2O2. The van der Waals surface area contributed by atoms with Crippen LogP contribution in [0.15, 0.2) is 36.1 Å². The van der Waals surface area contributed by atoms with E-state index in [9.17, 15) is 4.79 Å². The summed E-state index contributed by atoms with van der Waals surface area (Å²) in [5, 5.41) is 0. The van der Waals surface area contributed by atoms with Crippen molar-refractivity contribution in [2.45, 2.75) is 13.0 Å². The first-order valence-corrected chi connectivity index (χ1v) is 5.55. The summed E-state index contributed by atoms with van der Waals surface area (Å²) in [6, 6.07) is -0.0359. The molecule has 0 N–H and O–H groups in total. The molecule has 94 valence electrons. The third-order valence-electron chi connectivity index (χ3n) is 2.96. The molecule has 1 fully saturated rings. The monoisotopic (exact) mass is 236 g/mol. The Morgan fingerprint density at radius 1 is 1.53 bits per heavy atom. The number of nitrogens with zero attached hydrogens (tertiary/aromatic N) is 2. The molecule has 1 rings (SSSR count). The van der Waals surface area contributed by atoms with Crippen LogP contribution in [0.2, 0.25) is 0 Å². The summed E-state index contributed by atoms with van der Waals surface area (Å²) >= 11 is 0. The molecule has 0 aromatic rings. The number of carbonyl (C=O) groups excluding carboxylic acids is 1. The van der Waals surface area contributed by atoms with Gasteiger partial charge in [-0.25, -0.2) is 4.79 Å². The lowest BCUT2D eigenvalue weighted by molar-refractivity contribution is 0.163. The summed E-state index contributed by atoms with van der Waals surface area (Å²) in [7, 11) is 5.71. The normalized spacial score (nSPS) is 21.5. The Kier molecular flexibility index (Phi) is 4.37. The predicted molar refractivity (Wildman–Crippen MR) is 68.6 cm³/mol. The Labute approximate surface area is 103 Å². The molecular weight excluding hydrogens is 216 g/mol. The highest BCUT2D eigenvalue weighted by Gasteiger charge is 2.30. The highest BCUT2D eigenvalue weighted by atomic mass is 16.6. The van der Waals surface area contributed by atoms with Crippen molar-refractivity contribution in [3.05, 3.63) is 36.1 Å². The van der Waals surface area contributed by atoms with Crippen LogP contribution in [0, 0.1) is 0 Å². The third-order valence-corrected chi connectivity index (χ3v) is 2.96. The third kappa shape index (κ3) is 3.12. The zero-order valence-corrected chi connectivity index (χ0v) is 10.9. The average molecular weight is 236 g/mol. The Hall–Kier alpha value is -1.71. The number of cyclic esters (lactones) is 1. The maximum Gasteiger partial charge on any atom is 0.410 e. The minimum Gasteiger partial charge on any atom is -0.447 e. The summed E-state index contributed by atoms with van der Waals surface area (Å²) < 4.78 is 4.98. The van der Waals surface area contributed by atoms with E-state index in [0.717, 1.165) is 11.3 Å². The number of hydrogen-bond acceptors (Lipinski definition) is 3. The Morgan fingerprint density at radius 3 is 2.59 bits per heavy atom. The molecule has 0 aromatic carbocycles. The summed E-state index contributed by atoms with van der Waals surface area (Å²) in [5.41, 5.74) is 2.12. The van der Waals surface area contributed by atoms with Gasteiger partial charge in [-0.3, -0.25) is 0 Å². The first-order valence-electron chi connectivity index (χ1n) is 5.55. The van der Waals surface area contributed by atoms with Gasteiger partial charge in [-0.15, -0.1) is 0 Å². The first kappa shape index (κ1) is 13.4. The molecule has 4 heteroatoms. The van der Waals surface area contributed by atoms with E-state index in [0.29, 0.717) is 6.61 Å². The molecule has 0 saturated carbocycles. The molecule has 4 nitrogen and oxygen atoms in total. The van der Waals surface area contributed by atoms with Crippen LogP contribution >= 0.6 is 0 Å². The lowest BCUT2D eigenvalue weighted by Crippen LogP contribution is -2.30. The summed E-state index contributed by atoms with van der Waals surface area (Å²) in [6.07, 6.45) is 5.47. The quantitative estimate of drug-likeness (QED) is 0.700. The maximum atomic E-state index is 11.3.